The van der Waals surface area contributed by atoms with Crippen LogP contribution in [-0.2, 0) is 27.8 Å². The molecule has 0 unspecified atom stereocenters. The van der Waals surface area contributed by atoms with Crippen LogP contribution >= 0.6 is 0 Å². The van der Waals surface area contributed by atoms with Crippen molar-refractivity contribution >= 4 is 15.9 Å². The van der Waals surface area contributed by atoms with Crippen molar-refractivity contribution in [3.63, 3.8) is 0 Å². The number of β-amino-alcohol motifs (C(OH)–C–C–N with tert-alkyl or cyclic N) is 1. The number of nitrogens with zero attached hydrogens (tertiary/aromatic N) is 2. The highest BCUT2D eigenvalue weighted by molar-refractivity contribution is 7.89. The third kappa shape index (κ3) is 7.64. The molecule has 2 aromatic carbocycles. The molecule has 1 fully saturated rings. The van der Waals surface area contributed by atoms with Crippen LogP contribution in [0.4, 0.5) is 0 Å². The van der Waals surface area contributed by atoms with E-state index in [1.807, 2.05) is 68.6 Å². The molecule has 0 aromatic heterocycles. The quantitative estimate of drug-likeness (QED) is 0.523. The van der Waals surface area contributed by atoms with Crippen LogP contribution in [0.3, 0.4) is 0 Å². The van der Waals surface area contributed by atoms with Gasteiger partial charge in [-0.3, -0.25) is 9.69 Å². The zero-order valence-corrected chi connectivity index (χ0v) is 20.3. The van der Waals surface area contributed by atoms with Crippen LogP contribution in [0, 0.1) is 0 Å². The van der Waals surface area contributed by atoms with Gasteiger partial charge in [0.2, 0.25) is 15.9 Å². The molecule has 2 aromatic rings. The molecule has 1 saturated heterocycles. The molecule has 1 aliphatic rings. The summed E-state index contributed by atoms with van der Waals surface area (Å²) in [5.41, 5.74) is 2.81. The predicted octanol–water partition coefficient (Wildman–Crippen LogP) is 2.32. The van der Waals surface area contributed by atoms with E-state index in [-0.39, 0.29) is 36.8 Å². The Hall–Kier alpha value is -2.26. The van der Waals surface area contributed by atoms with Crippen molar-refractivity contribution in [3.05, 3.63) is 71.3 Å². The largest absolute Gasteiger partial charge is 0.392 e. The van der Waals surface area contributed by atoms with E-state index in [1.165, 1.54) is 0 Å². The Morgan fingerprint density at radius 1 is 1.15 bits per heavy atom. The fourth-order valence-corrected chi connectivity index (χ4v) is 5.20. The van der Waals surface area contributed by atoms with E-state index in [1.54, 1.807) is 4.90 Å². The van der Waals surface area contributed by atoms with Gasteiger partial charge in [-0.15, -0.1) is 0 Å². The van der Waals surface area contributed by atoms with Crippen molar-refractivity contribution in [1.29, 1.82) is 0 Å². The molecule has 0 aliphatic carbocycles. The average Bonchev–Trinajstić information content (AvgIpc) is 3.22. The van der Waals surface area contributed by atoms with Crippen molar-refractivity contribution in [2.24, 2.45) is 0 Å². The summed E-state index contributed by atoms with van der Waals surface area (Å²) in [6.07, 6.45) is 1.31. The first-order valence-electron chi connectivity index (χ1n) is 11.5. The first-order chi connectivity index (χ1) is 15.8. The van der Waals surface area contributed by atoms with Gasteiger partial charge in [-0.25, -0.2) is 13.1 Å². The van der Waals surface area contributed by atoms with Crippen LogP contribution in [0.5, 0.6) is 0 Å². The lowest BCUT2D eigenvalue weighted by Gasteiger charge is -2.32. The normalized spacial score (nSPS) is 17.7. The molecule has 1 aliphatic heterocycles. The zero-order valence-electron chi connectivity index (χ0n) is 19.5. The first-order valence-corrected chi connectivity index (χ1v) is 13.2. The van der Waals surface area contributed by atoms with Crippen molar-refractivity contribution in [3.8, 4) is 0 Å². The highest BCUT2D eigenvalue weighted by atomic mass is 32.2. The standard InChI is InChI=1S/C25H35N3O4S/c1-3-15-33(31,32)26-17-21-11-9-20(10-12-21)16-25(30)27(2)24(22-7-5-4-6-8-22)19-28-14-13-23(29)18-28/h4-12,23-24,26,29H,3,13-19H2,1-2H3/t23-,24+/m0/s1. The summed E-state index contributed by atoms with van der Waals surface area (Å²) in [4.78, 5) is 17.2. The second-order valence-electron chi connectivity index (χ2n) is 8.77. The minimum Gasteiger partial charge on any atom is -0.392 e. The van der Waals surface area contributed by atoms with E-state index < -0.39 is 10.0 Å². The van der Waals surface area contributed by atoms with Gasteiger partial charge in [0, 0.05) is 33.2 Å². The predicted molar refractivity (Wildman–Crippen MR) is 130 cm³/mol. The van der Waals surface area contributed by atoms with Crippen LogP contribution in [0.2, 0.25) is 0 Å². The molecule has 8 heteroatoms. The van der Waals surface area contributed by atoms with Gasteiger partial charge in [0.25, 0.3) is 0 Å². The monoisotopic (exact) mass is 473 g/mol. The lowest BCUT2D eigenvalue weighted by Crippen LogP contribution is -2.39. The maximum absolute atomic E-state index is 13.1. The fraction of sp³-hybridized carbons (Fsp3) is 0.480. The highest BCUT2D eigenvalue weighted by Gasteiger charge is 2.28. The average molecular weight is 474 g/mol. The van der Waals surface area contributed by atoms with Crippen molar-refractivity contribution in [2.75, 3.05) is 32.4 Å². The van der Waals surface area contributed by atoms with Gasteiger partial charge in [0.1, 0.15) is 0 Å². The number of hydrogen-bond acceptors (Lipinski definition) is 5. The van der Waals surface area contributed by atoms with Crippen LogP contribution < -0.4 is 4.72 Å². The minimum absolute atomic E-state index is 0.0139. The van der Waals surface area contributed by atoms with E-state index in [0.29, 0.717) is 19.5 Å². The lowest BCUT2D eigenvalue weighted by atomic mass is 10.0. The van der Waals surface area contributed by atoms with Gasteiger partial charge >= 0.3 is 0 Å². The van der Waals surface area contributed by atoms with E-state index in [0.717, 1.165) is 29.7 Å². The number of aliphatic hydroxyl groups is 1. The van der Waals surface area contributed by atoms with E-state index in [4.69, 9.17) is 0 Å². The maximum Gasteiger partial charge on any atom is 0.227 e. The third-order valence-corrected chi connectivity index (χ3v) is 7.60. The molecule has 1 heterocycles. The minimum atomic E-state index is -3.25. The SMILES string of the molecule is CCCS(=O)(=O)NCc1ccc(CC(=O)N(C)[C@H](CN2CC[C@H](O)C2)c2ccccc2)cc1. The highest BCUT2D eigenvalue weighted by Crippen LogP contribution is 2.24. The Labute approximate surface area is 197 Å². The van der Waals surface area contributed by atoms with Gasteiger partial charge in [0.15, 0.2) is 0 Å². The summed E-state index contributed by atoms with van der Waals surface area (Å²) < 4.78 is 26.3. The summed E-state index contributed by atoms with van der Waals surface area (Å²) in [5.74, 6) is 0.130. The molecular formula is C25H35N3O4S. The second kappa shape index (κ2) is 11.7. The van der Waals surface area contributed by atoms with Gasteiger partial charge in [0.05, 0.1) is 24.3 Å². The third-order valence-electron chi connectivity index (χ3n) is 6.07. The molecular weight excluding hydrogens is 438 g/mol. The zero-order chi connectivity index (χ0) is 23.8. The number of benzene rings is 2. The summed E-state index contributed by atoms with van der Waals surface area (Å²) >= 11 is 0. The Bertz CT molecular complexity index is 996. The number of carbonyl (C=O) groups is 1. The molecule has 3 rings (SSSR count). The van der Waals surface area contributed by atoms with Crippen molar-refractivity contribution < 1.29 is 18.3 Å². The first kappa shape index (κ1) is 25.4. The Morgan fingerprint density at radius 2 is 1.82 bits per heavy atom. The molecule has 2 N–H and O–H groups in total. The maximum atomic E-state index is 13.1. The molecule has 180 valence electrons. The molecule has 7 nitrogen and oxygen atoms in total. The summed E-state index contributed by atoms with van der Waals surface area (Å²) in [5, 5.41) is 9.90. The number of hydrogen-bond donors (Lipinski definition) is 2. The van der Waals surface area contributed by atoms with Crippen LogP contribution in [0.1, 0.15) is 42.5 Å². The molecule has 0 spiro atoms. The Morgan fingerprint density at radius 3 is 2.42 bits per heavy atom. The number of nitrogens with one attached hydrogen (secondary N) is 1. The molecule has 2 atom stereocenters. The molecule has 33 heavy (non-hydrogen) atoms. The molecule has 0 saturated carbocycles. The van der Waals surface area contributed by atoms with E-state index >= 15 is 0 Å². The number of aliphatic hydroxyl groups excluding tert-OH is 1. The number of rotatable bonds is 11. The fourth-order valence-electron chi connectivity index (χ4n) is 4.13. The Balaban J connectivity index is 1.63. The van der Waals surface area contributed by atoms with Crippen molar-refractivity contribution in [2.45, 2.75) is 44.9 Å². The van der Waals surface area contributed by atoms with Gasteiger partial charge in [-0.2, -0.15) is 0 Å². The van der Waals surface area contributed by atoms with Crippen molar-refractivity contribution in [1.82, 2.24) is 14.5 Å². The number of amides is 1. The summed E-state index contributed by atoms with van der Waals surface area (Å²) in [6, 6.07) is 17.4. The van der Waals surface area contributed by atoms with Gasteiger partial charge in [-0.05, 0) is 29.5 Å². The smallest absolute Gasteiger partial charge is 0.227 e. The van der Waals surface area contributed by atoms with E-state index in [9.17, 15) is 18.3 Å². The van der Waals surface area contributed by atoms with Gasteiger partial charge < -0.3 is 10.0 Å². The number of likely N-dealkylation sites (tertiary alicyclic amines) is 1. The molecule has 1 amide bonds. The summed E-state index contributed by atoms with van der Waals surface area (Å²) in [6.45, 7) is 4.22. The lowest BCUT2D eigenvalue weighted by molar-refractivity contribution is -0.131. The molecule has 0 bridgehead atoms. The van der Waals surface area contributed by atoms with Crippen LogP contribution in [-0.4, -0.2) is 67.8 Å². The number of sulfonamides is 1. The summed E-state index contributed by atoms with van der Waals surface area (Å²) in [7, 11) is -1.41. The van der Waals surface area contributed by atoms with Gasteiger partial charge in [-0.1, -0.05) is 61.5 Å². The second-order valence-corrected chi connectivity index (χ2v) is 10.7. The molecule has 0 radical (unpaired) electrons. The number of carbonyl (C=O) groups excluding carboxylic acids is 1. The Kier molecular flexibility index (Phi) is 9.02. The number of likely N-dealkylation sites (N-methyl/N-ethyl adjacent to an activating group) is 1. The topological polar surface area (TPSA) is 90.0 Å². The van der Waals surface area contributed by atoms with Crippen LogP contribution in [0.25, 0.3) is 0 Å². The van der Waals surface area contributed by atoms with E-state index in [2.05, 4.69) is 9.62 Å². The van der Waals surface area contributed by atoms with Crippen LogP contribution in [0.15, 0.2) is 54.6 Å².